The fourth-order valence-electron chi connectivity index (χ4n) is 1.98. The van der Waals surface area contributed by atoms with Gasteiger partial charge in [0.05, 0.1) is 6.54 Å². The number of carbonyl (C=O) groups excluding carboxylic acids is 1. The number of rotatable bonds is 2. The van der Waals surface area contributed by atoms with Crippen molar-refractivity contribution in [2.45, 2.75) is 33.3 Å². The normalized spacial score (nSPS) is 21.5. The van der Waals surface area contributed by atoms with E-state index in [0.717, 1.165) is 0 Å². The second-order valence-corrected chi connectivity index (χ2v) is 4.49. The Hall–Kier alpha value is -0.730. The maximum Gasteiger partial charge on any atom is 0.410 e. The third-order valence-corrected chi connectivity index (χ3v) is 3.03. The molecule has 0 aromatic carbocycles. The van der Waals surface area contributed by atoms with Crippen LogP contribution >= 0.6 is 0 Å². The Kier molecular flexibility index (Phi) is 2.55. The molecule has 0 atom stereocenters. The summed E-state index contributed by atoms with van der Waals surface area (Å²) in [4.78, 5) is 13.0. The lowest BCUT2D eigenvalue weighted by molar-refractivity contribution is -0.0200. The Morgan fingerprint density at radius 1 is 1.31 bits per heavy atom. The fourth-order valence-corrected chi connectivity index (χ4v) is 1.98. The summed E-state index contributed by atoms with van der Waals surface area (Å²) < 4.78 is 5.47. The molecule has 76 valence electrons. The summed E-state index contributed by atoms with van der Waals surface area (Å²) in [6.07, 6.45) is -0.192. The van der Waals surface area contributed by atoms with Crippen molar-refractivity contribution < 1.29 is 9.53 Å². The molecule has 1 amide bonds. The summed E-state index contributed by atoms with van der Waals surface area (Å²) in [5.74, 6) is 0.725. The van der Waals surface area contributed by atoms with E-state index in [1.54, 1.807) is 11.9 Å². The van der Waals surface area contributed by atoms with E-state index in [4.69, 9.17) is 4.74 Å². The van der Waals surface area contributed by atoms with Crippen LogP contribution in [0.25, 0.3) is 0 Å². The Bertz CT molecular complexity index is 203. The SMILES string of the molecule is CC(C)C1(C(C)C)CN(C)C(=O)O1. The van der Waals surface area contributed by atoms with Gasteiger partial charge in [-0.25, -0.2) is 4.79 Å². The first-order valence-corrected chi connectivity index (χ1v) is 4.84. The number of likely N-dealkylation sites (N-methyl/N-ethyl adjacent to an activating group) is 1. The molecule has 0 saturated carbocycles. The van der Waals surface area contributed by atoms with Crippen molar-refractivity contribution in [1.82, 2.24) is 4.90 Å². The van der Waals surface area contributed by atoms with Gasteiger partial charge in [0.25, 0.3) is 0 Å². The summed E-state index contributed by atoms with van der Waals surface area (Å²) in [5, 5.41) is 0. The predicted octanol–water partition coefficient (Wildman–Crippen LogP) is 2.12. The molecule has 1 fully saturated rings. The van der Waals surface area contributed by atoms with Gasteiger partial charge in [0.1, 0.15) is 5.60 Å². The van der Waals surface area contributed by atoms with Crippen LogP contribution in [0.1, 0.15) is 27.7 Å². The van der Waals surface area contributed by atoms with Gasteiger partial charge in [0.2, 0.25) is 0 Å². The molecule has 0 radical (unpaired) electrons. The van der Waals surface area contributed by atoms with Gasteiger partial charge in [0.15, 0.2) is 0 Å². The van der Waals surface area contributed by atoms with Crippen LogP contribution in [0.3, 0.4) is 0 Å². The van der Waals surface area contributed by atoms with Crippen molar-refractivity contribution >= 4 is 6.09 Å². The van der Waals surface area contributed by atoms with Crippen LogP contribution in [0.2, 0.25) is 0 Å². The van der Waals surface area contributed by atoms with Gasteiger partial charge in [0, 0.05) is 7.05 Å². The van der Waals surface area contributed by atoms with E-state index in [0.29, 0.717) is 18.4 Å². The van der Waals surface area contributed by atoms with E-state index < -0.39 is 0 Å². The van der Waals surface area contributed by atoms with Crippen molar-refractivity contribution in [3.05, 3.63) is 0 Å². The number of amides is 1. The molecule has 3 nitrogen and oxygen atoms in total. The average Bonchev–Trinajstić information content (AvgIpc) is 2.29. The maximum atomic E-state index is 11.3. The molecule has 3 heteroatoms. The molecule has 1 rings (SSSR count). The van der Waals surface area contributed by atoms with Crippen LogP contribution in [0.15, 0.2) is 0 Å². The molecular weight excluding hydrogens is 166 g/mol. The summed E-state index contributed by atoms with van der Waals surface area (Å²) in [7, 11) is 1.79. The zero-order valence-electron chi connectivity index (χ0n) is 9.13. The highest BCUT2D eigenvalue weighted by molar-refractivity contribution is 5.70. The quantitative estimate of drug-likeness (QED) is 0.659. The van der Waals surface area contributed by atoms with E-state index in [9.17, 15) is 4.79 Å². The molecule has 1 heterocycles. The van der Waals surface area contributed by atoms with Gasteiger partial charge in [-0.2, -0.15) is 0 Å². The smallest absolute Gasteiger partial charge is 0.410 e. The third-order valence-electron chi connectivity index (χ3n) is 3.03. The average molecular weight is 185 g/mol. The van der Waals surface area contributed by atoms with Crippen LogP contribution in [0.4, 0.5) is 4.79 Å². The Morgan fingerprint density at radius 3 is 1.92 bits per heavy atom. The Balaban J connectivity index is 2.89. The Labute approximate surface area is 80.1 Å². The summed E-state index contributed by atoms with van der Waals surface area (Å²) >= 11 is 0. The fraction of sp³-hybridized carbons (Fsp3) is 0.900. The second kappa shape index (κ2) is 3.20. The summed E-state index contributed by atoms with van der Waals surface area (Å²) in [6, 6.07) is 0. The van der Waals surface area contributed by atoms with Crippen LogP contribution in [-0.2, 0) is 4.74 Å². The van der Waals surface area contributed by atoms with Gasteiger partial charge in [-0.1, -0.05) is 27.7 Å². The molecule has 13 heavy (non-hydrogen) atoms. The highest BCUT2D eigenvalue weighted by Gasteiger charge is 2.48. The van der Waals surface area contributed by atoms with E-state index in [1.807, 2.05) is 0 Å². The van der Waals surface area contributed by atoms with Crippen molar-refractivity contribution in [2.75, 3.05) is 13.6 Å². The van der Waals surface area contributed by atoms with Crippen molar-refractivity contribution in [1.29, 1.82) is 0 Å². The standard InChI is InChI=1S/C10H19NO2/c1-7(2)10(8(3)4)6-11(5)9(12)13-10/h7-8H,6H2,1-5H3. The van der Waals surface area contributed by atoms with Crippen LogP contribution in [-0.4, -0.2) is 30.2 Å². The number of hydrogen-bond acceptors (Lipinski definition) is 2. The Morgan fingerprint density at radius 2 is 1.77 bits per heavy atom. The number of hydrogen-bond donors (Lipinski definition) is 0. The topological polar surface area (TPSA) is 29.5 Å². The first-order valence-electron chi connectivity index (χ1n) is 4.84. The first kappa shape index (κ1) is 10.4. The zero-order valence-corrected chi connectivity index (χ0v) is 9.13. The van der Waals surface area contributed by atoms with Gasteiger partial charge >= 0.3 is 6.09 Å². The lowest BCUT2D eigenvalue weighted by Gasteiger charge is -2.34. The first-order chi connectivity index (χ1) is 5.90. The largest absolute Gasteiger partial charge is 0.440 e. The van der Waals surface area contributed by atoms with E-state index in [2.05, 4.69) is 27.7 Å². The molecule has 0 bridgehead atoms. The van der Waals surface area contributed by atoms with Crippen molar-refractivity contribution in [2.24, 2.45) is 11.8 Å². The highest BCUT2D eigenvalue weighted by atomic mass is 16.6. The minimum Gasteiger partial charge on any atom is -0.440 e. The zero-order chi connectivity index (χ0) is 10.2. The molecule has 0 aromatic rings. The van der Waals surface area contributed by atoms with Crippen LogP contribution < -0.4 is 0 Å². The summed E-state index contributed by atoms with van der Waals surface area (Å²) in [6.45, 7) is 9.12. The molecule has 0 aliphatic carbocycles. The lowest BCUT2D eigenvalue weighted by Crippen LogP contribution is -2.44. The molecule has 1 aliphatic heterocycles. The van der Waals surface area contributed by atoms with Crippen molar-refractivity contribution in [3.8, 4) is 0 Å². The van der Waals surface area contributed by atoms with E-state index in [-0.39, 0.29) is 11.7 Å². The molecule has 0 aromatic heterocycles. The minimum absolute atomic E-state index is 0.192. The van der Waals surface area contributed by atoms with Gasteiger partial charge in [-0.05, 0) is 11.8 Å². The van der Waals surface area contributed by atoms with Crippen LogP contribution in [0, 0.1) is 11.8 Å². The summed E-state index contributed by atoms with van der Waals surface area (Å²) in [5.41, 5.74) is -0.286. The maximum absolute atomic E-state index is 11.3. The monoisotopic (exact) mass is 185 g/mol. The van der Waals surface area contributed by atoms with E-state index in [1.165, 1.54) is 0 Å². The highest BCUT2D eigenvalue weighted by Crippen LogP contribution is 2.35. The predicted molar refractivity (Wildman–Crippen MR) is 51.5 cm³/mol. The van der Waals surface area contributed by atoms with Gasteiger partial charge < -0.3 is 9.64 Å². The molecule has 0 spiro atoms. The van der Waals surface area contributed by atoms with Gasteiger partial charge in [-0.3, -0.25) is 0 Å². The number of nitrogens with zero attached hydrogens (tertiary/aromatic N) is 1. The lowest BCUT2D eigenvalue weighted by atomic mass is 9.80. The number of ether oxygens (including phenoxy) is 1. The van der Waals surface area contributed by atoms with E-state index >= 15 is 0 Å². The molecule has 0 N–H and O–H groups in total. The number of cyclic esters (lactones) is 1. The third kappa shape index (κ3) is 1.52. The second-order valence-electron chi connectivity index (χ2n) is 4.49. The van der Waals surface area contributed by atoms with Gasteiger partial charge in [-0.15, -0.1) is 0 Å². The van der Waals surface area contributed by atoms with Crippen LogP contribution in [0.5, 0.6) is 0 Å². The van der Waals surface area contributed by atoms with Crippen molar-refractivity contribution in [3.63, 3.8) is 0 Å². The minimum atomic E-state index is -0.286. The molecule has 1 aliphatic rings. The molecule has 1 saturated heterocycles. The molecule has 0 unspecified atom stereocenters. The number of carbonyl (C=O) groups is 1. The molecular formula is C10H19NO2.